The van der Waals surface area contributed by atoms with Crippen LogP contribution < -0.4 is 5.32 Å². The van der Waals surface area contributed by atoms with Crippen molar-refractivity contribution >= 4 is 17.5 Å². The van der Waals surface area contributed by atoms with E-state index in [0.29, 0.717) is 13.0 Å². The number of nitrogens with zero attached hydrogens (tertiary/aromatic N) is 3. The molecule has 0 bridgehead atoms. The molecule has 1 aliphatic rings. The molecule has 6 nitrogen and oxygen atoms in total. The Labute approximate surface area is 116 Å². The van der Waals surface area contributed by atoms with Crippen LogP contribution in [0.2, 0.25) is 0 Å². The molecule has 0 spiro atoms. The number of hydrogen-bond acceptors (Lipinski definition) is 3. The van der Waals surface area contributed by atoms with Crippen LogP contribution in [0.1, 0.15) is 19.0 Å². The van der Waals surface area contributed by atoms with E-state index in [4.69, 9.17) is 0 Å². The van der Waals surface area contributed by atoms with Crippen LogP contribution in [-0.4, -0.2) is 38.7 Å². The molecule has 6 heteroatoms. The number of carbonyl (C=O) groups excluding carboxylic acids is 2. The average molecular weight is 272 g/mol. The first-order chi connectivity index (χ1) is 9.69. The molecule has 2 aromatic heterocycles. The maximum Gasteiger partial charge on any atom is 0.243 e. The lowest BCUT2D eigenvalue weighted by Gasteiger charge is -2.33. The summed E-state index contributed by atoms with van der Waals surface area (Å²) in [4.78, 5) is 29.9. The summed E-state index contributed by atoms with van der Waals surface area (Å²) in [6.07, 6.45) is 4.40. The first kappa shape index (κ1) is 12.7. The van der Waals surface area contributed by atoms with Crippen LogP contribution in [0.5, 0.6) is 0 Å². The largest absolute Gasteiger partial charge is 0.345 e. The highest BCUT2D eigenvalue weighted by molar-refractivity contribution is 5.94. The van der Waals surface area contributed by atoms with E-state index in [9.17, 15) is 9.59 Å². The Balaban J connectivity index is 1.87. The number of imidazole rings is 1. The maximum absolute atomic E-state index is 12.0. The molecule has 0 saturated carbocycles. The van der Waals surface area contributed by atoms with E-state index in [-0.39, 0.29) is 18.4 Å². The smallest absolute Gasteiger partial charge is 0.243 e. The summed E-state index contributed by atoms with van der Waals surface area (Å²) in [5.41, 5.74) is 1.63. The van der Waals surface area contributed by atoms with Crippen molar-refractivity contribution in [3.8, 4) is 0 Å². The Morgan fingerprint density at radius 1 is 1.40 bits per heavy atom. The van der Waals surface area contributed by atoms with Crippen molar-refractivity contribution in [1.82, 2.24) is 19.6 Å². The Morgan fingerprint density at radius 2 is 2.25 bits per heavy atom. The van der Waals surface area contributed by atoms with Crippen LogP contribution in [0.4, 0.5) is 0 Å². The fourth-order valence-corrected chi connectivity index (χ4v) is 2.54. The maximum atomic E-state index is 12.0. The lowest BCUT2D eigenvalue weighted by molar-refractivity contribution is -0.146. The Hall–Kier alpha value is -2.37. The summed E-state index contributed by atoms with van der Waals surface area (Å²) in [7, 11) is 0. The molecule has 1 aliphatic heterocycles. The van der Waals surface area contributed by atoms with Gasteiger partial charge in [-0.3, -0.25) is 9.59 Å². The normalized spacial score (nSPS) is 19.4. The number of amides is 2. The van der Waals surface area contributed by atoms with Crippen LogP contribution >= 0.6 is 0 Å². The van der Waals surface area contributed by atoms with Crippen molar-refractivity contribution in [2.24, 2.45) is 0 Å². The fourth-order valence-electron chi connectivity index (χ4n) is 2.54. The minimum absolute atomic E-state index is 0.0616. The van der Waals surface area contributed by atoms with Gasteiger partial charge in [-0.05, 0) is 18.6 Å². The monoisotopic (exact) mass is 272 g/mol. The minimum atomic E-state index is -0.402. The molecule has 0 aliphatic carbocycles. The Bertz CT molecular complexity index is 631. The standard InChI is InChI=1S/C14H16N4O2/c1-2-11-14(20)15-7-13(19)18(11)9-10-8-17-6-4-3-5-12(17)16-10/h3-6,8,11H,2,7,9H2,1H3,(H,15,20). The molecule has 1 N–H and O–H groups in total. The molecule has 0 radical (unpaired) electrons. The van der Waals surface area contributed by atoms with E-state index in [1.54, 1.807) is 4.90 Å². The van der Waals surface area contributed by atoms with Crippen LogP contribution in [0.15, 0.2) is 30.6 Å². The van der Waals surface area contributed by atoms with Gasteiger partial charge in [0.2, 0.25) is 11.8 Å². The highest BCUT2D eigenvalue weighted by atomic mass is 16.2. The van der Waals surface area contributed by atoms with E-state index in [2.05, 4.69) is 10.3 Å². The van der Waals surface area contributed by atoms with Gasteiger partial charge in [0.25, 0.3) is 0 Å². The zero-order valence-corrected chi connectivity index (χ0v) is 11.2. The summed E-state index contributed by atoms with van der Waals surface area (Å²) in [5.74, 6) is -0.149. The van der Waals surface area contributed by atoms with Gasteiger partial charge in [0, 0.05) is 12.4 Å². The topological polar surface area (TPSA) is 66.7 Å². The predicted octanol–water partition coefficient (Wildman–Crippen LogP) is 0.571. The molecular formula is C14H16N4O2. The van der Waals surface area contributed by atoms with Crippen molar-refractivity contribution in [2.45, 2.75) is 25.9 Å². The van der Waals surface area contributed by atoms with Crippen molar-refractivity contribution in [3.05, 3.63) is 36.3 Å². The number of pyridine rings is 1. The average Bonchev–Trinajstić information content (AvgIpc) is 2.85. The number of piperazine rings is 1. The van der Waals surface area contributed by atoms with Gasteiger partial charge in [0.1, 0.15) is 11.7 Å². The second-order valence-electron chi connectivity index (χ2n) is 4.86. The quantitative estimate of drug-likeness (QED) is 0.888. The van der Waals surface area contributed by atoms with Crippen LogP contribution in [0.3, 0.4) is 0 Å². The van der Waals surface area contributed by atoms with Crippen LogP contribution in [0, 0.1) is 0 Å². The van der Waals surface area contributed by atoms with Crippen molar-refractivity contribution in [2.75, 3.05) is 6.54 Å². The third kappa shape index (κ3) is 2.13. The molecule has 1 saturated heterocycles. The first-order valence-electron chi connectivity index (χ1n) is 6.69. The Kier molecular flexibility index (Phi) is 3.14. The summed E-state index contributed by atoms with van der Waals surface area (Å²) < 4.78 is 1.91. The van der Waals surface area contributed by atoms with Gasteiger partial charge in [-0.1, -0.05) is 13.0 Å². The molecule has 1 fully saturated rings. The lowest BCUT2D eigenvalue weighted by atomic mass is 10.1. The van der Waals surface area contributed by atoms with Gasteiger partial charge in [-0.25, -0.2) is 4.98 Å². The van der Waals surface area contributed by atoms with Crippen molar-refractivity contribution < 1.29 is 9.59 Å². The molecule has 0 aromatic carbocycles. The number of carbonyl (C=O) groups is 2. The molecule has 104 valence electrons. The number of rotatable bonds is 3. The number of hydrogen-bond donors (Lipinski definition) is 1. The van der Waals surface area contributed by atoms with Gasteiger partial charge < -0.3 is 14.6 Å². The molecule has 3 heterocycles. The molecule has 1 atom stereocenters. The summed E-state index contributed by atoms with van der Waals surface area (Å²) in [6.45, 7) is 2.34. The highest BCUT2D eigenvalue weighted by Crippen LogP contribution is 2.14. The van der Waals surface area contributed by atoms with E-state index in [1.165, 1.54) is 0 Å². The number of fused-ring (bicyclic) bond motifs is 1. The van der Waals surface area contributed by atoms with Gasteiger partial charge in [0.15, 0.2) is 0 Å². The zero-order chi connectivity index (χ0) is 14.1. The van der Waals surface area contributed by atoms with Gasteiger partial charge in [0.05, 0.1) is 18.8 Å². The third-order valence-corrected chi connectivity index (χ3v) is 3.55. The van der Waals surface area contributed by atoms with Crippen LogP contribution in [0.25, 0.3) is 5.65 Å². The summed E-state index contributed by atoms with van der Waals surface area (Å²) in [6, 6.07) is 5.35. The molecule has 3 rings (SSSR count). The fraction of sp³-hybridized carbons (Fsp3) is 0.357. The first-order valence-corrected chi connectivity index (χ1v) is 6.69. The van der Waals surface area contributed by atoms with Gasteiger partial charge in [-0.15, -0.1) is 0 Å². The minimum Gasteiger partial charge on any atom is -0.345 e. The number of aromatic nitrogens is 2. The second kappa shape index (κ2) is 4.96. The van der Waals surface area contributed by atoms with Gasteiger partial charge in [-0.2, -0.15) is 0 Å². The van der Waals surface area contributed by atoms with Crippen molar-refractivity contribution in [3.63, 3.8) is 0 Å². The third-order valence-electron chi connectivity index (χ3n) is 3.55. The zero-order valence-electron chi connectivity index (χ0n) is 11.2. The van der Waals surface area contributed by atoms with Crippen molar-refractivity contribution in [1.29, 1.82) is 0 Å². The SMILES string of the molecule is CCC1C(=O)NCC(=O)N1Cc1cn2ccccc2n1. The molecular weight excluding hydrogens is 256 g/mol. The van der Waals surface area contributed by atoms with E-state index in [0.717, 1.165) is 11.3 Å². The van der Waals surface area contributed by atoms with Crippen LogP contribution in [-0.2, 0) is 16.1 Å². The predicted molar refractivity (Wildman–Crippen MR) is 72.8 cm³/mol. The lowest BCUT2D eigenvalue weighted by Crippen LogP contribution is -2.57. The second-order valence-corrected chi connectivity index (χ2v) is 4.86. The molecule has 2 aromatic rings. The van der Waals surface area contributed by atoms with E-state index < -0.39 is 6.04 Å². The molecule has 20 heavy (non-hydrogen) atoms. The highest BCUT2D eigenvalue weighted by Gasteiger charge is 2.33. The summed E-state index contributed by atoms with van der Waals surface area (Å²) >= 11 is 0. The summed E-state index contributed by atoms with van der Waals surface area (Å²) in [5, 5.41) is 2.62. The Morgan fingerprint density at radius 3 is 3.00 bits per heavy atom. The van der Waals surface area contributed by atoms with E-state index in [1.807, 2.05) is 41.9 Å². The molecule has 2 amide bonds. The van der Waals surface area contributed by atoms with Gasteiger partial charge >= 0.3 is 0 Å². The molecule has 1 unspecified atom stereocenters. The number of nitrogens with one attached hydrogen (secondary N) is 1. The van der Waals surface area contributed by atoms with E-state index >= 15 is 0 Å².